The van der Waals surface area contributed by atoms with Crippen LogP contribution < -0.4 is 5.32 Å². The van der Waals surface area contributed by atoms with E-state index in [1.165, 1.54) is 0 Å². The van der Waals surface area contributed by atoms with Gasteiger partial charge in [0.2, 0.25) is 0 Å². The van der Waals surface area contributed by atoms with Crippen molar-refractivity contribution in [2.24, 2.45) is 0 Å². The summed E-state index contributed by atoms with van der Waals surface area (Å²) in [7, 11) is -1.06. The van der Waals surface area contributed by atoms with Gasteiger partial charge in [0.25, 0.3) is 0 Å². The molecular weight excluding hydrogens is 246 g/mol. The number of fused-ring (bicyclic) bond motifs is 1. The van der Waals surface area contributed by atoms with Crippen LogP contribution in [0.25, 0.3) is 11.0 Å². The van der Waals surface area contributed by atoms with Crippen molar-refractivity contribution in [3.8, 4) is 0 Å². The number of piperidine rings is 1. The summed E-state index contributed by atoms with van der Waals surface area (Å²) in [6.07, 6.45) is 3.72. The highest BCUT2D eigenvalue weighted by atomic mass is 32.2. The lowest BCUT2D eigenvalue weighted by Crippen LogP contribution is -2.36. The topological polar surface area (TPSA) is 54.9 Å². The first-order valence-corrected chi connectivity index (χ1v) is 7.39. The van der Waals surface area contributed by atoms with Crippen molar-refractivity contribution in [2.75, 3.05) is 13.1 Å². The summed E-state index contributed by atoms with van der Waals surface area (Å²) < 4.78 is 12.4. The van der Waals surface area contributed by atoms with Gasteiger partial charge in [0.1, 0.15) is 5.03 Å². The van der Waals surface area contributed by atoms with Gasteiger partial charge in [0, 0.05) is 6.54 Å². The van der Waals surface area contributed by atoms with Gasteiger partial charge in [-0.3, -0.25) is 9.19 Å². The van der Waals surface area contributed by atoms with Gasteiger partial charge in [-0.15, -0.1) is 0 Å². The van der Waals surface area contributed by atoms with E-state index in [0.717, 1.165) is 37.0 Å². The maximum Gasteiger partial charge on any atom is 0.146 e. The predicted octanol–water partition coefficient (Wildman–Crippen LogP) is 1.49. The molecule has 4 nitrogen and oxygen atoms in total. The van der Waals surface area contributed by atoms with Crippen LogP contribution >= 0.6 is 0 Å². The molecule has 0 saturated carbocycles. The number of benzene rings is 1. The molecule has 2 atom stereocenters. The molecule has 1 N–H and O–H groups in total. The Hall–Kier alpha value is -1.33. The van der Waals surface area contributed by atoms with Crippen molar-refractivity contribution in [1.29, 1.82) is 0 Å². The van der Waals surface area contributed by atoms with E-state index in [9.17, 15) is 4.21 Å². The van der Waals surface area contributed by atoms with Crippen molar-refractivity contribution in [3.63, 3.8) is 0 Å². The van der Waals surface area contributed by atoms with Gasteiger partial charge in [-0.1, -0.05) is 12.1 Å². The fourth-order valence-corrected chi connectivity index (χ4v) is 3.55. The molecule has 18 heavy (non-hydrogen) atoms. The third kappa shape index (κ3) is 2.28. The lowest BCUT2D eigenvalue weighted by molar-refractivity contribution is 0.519. The van der Waals surface area contributed by atoms with Crippen LogP contribution in [0.15, 0.2) is 35.5 Å². The molecule has 5 heteroatoms. The van der Waals surface area contributed by atoms with E-state index in [4.69, 9.17) is 0 Å². The van der Waals surface area contributed by atoms with Gasteiger partial charge in [0.15, 0.2) is 0 Å². The lowest BCUT2D eigenvalue weighted by Gasteiger charge is -2.21. The molecule has 1 aromatic heterocycles. The van der Waals surface area contributed by atoms with Gasteiger partial charge in [0.05, 0.1) is 33.3 Å². The van der Waals surface area contributed by atoms with Gasteiger partial charge < -0.3 is 5.32 Å². The first-order chi connectivity index (χ1) is 8.84. The molecule has 1 saturated heterocycles. The maximum atomic E-state index is 12.4. The summed E-state index contributed by atoms with van der Waals surface area (Å²) in [4.78, 5) is 8.78. The minimum absolute atomic E-state index is 0.161. The number of hydrogen-bond acceptors (Lipinski definition) is 4. The fraction of sp³-hybridized carbons (Fsp3) is 0.385. The van der Waals surface area contributed by atoms with E-state index in [-0.39, 0.29) is 5.25 Å². The quantitative estimate of drug-likeness (QED) is 0.890. The summed E-state index contributed by atoms with van der Waals surface area (Å²) in [5, 5.41) is 4.04. The number of aromatic nitrogens is 2. The number of rotatable bonds is 2. The zero-order valence-electron chi connectivity index (χ0n) is 10.0. The molecule has 1 aliphatic rings. The van der Waals surface area contributed by atoms with Crippen LogP contribution in [0.4, 0.5) is 0 Å². The average Bonchev–Trinajstić information content (AvgIpc) is 2.47. The van der Waals surface area contributed by atoms with E-state index in [2.05, 4.69) is 15.3 Å². The minimum Gasteiger partial charge on any atom is -0.316 e. The summed E-state index contributed by atoms with van der Waals surface area (Å²) in [5.41, 5.74) is 1.66. The molecule has 0 radical (unpaired) electrons. The molecule has 1 aromatic carbocycles. The highest BCUT2D eigenvalue weighted by Gasteiger charge is 2.22. The third-order valence-corrected chi connectivity index (χ3v) is 4.80. The van der Waals surface area contributed by atoms with Crippen molar-refractivity contribution >= 4 is 21.8 Å². The van der Waals surface area contributed by atoms with Crippen LogP contribution in [0.2, 0.25) is 0 Å². The molecule has 3 rings (SSSR count). The van der Waals surface area contributed by atoms with Crippen molar-refractivity contribution in [1.82, 2.24) is 15.3 Å². The fourth-order valence-electron chi connectivity index (χ4n) is 2.21. The van der Waals surface area contributed by atoms with Crippen LogP contribution in [0.5, 0.6) is 0 Å². The Balaban J connectivity index is 1.91. The Morgan fingerprint density at radius 3 is 2.89 bits per heavy atom. The summed E-state index contributed by atoms with van der Waals surface area (Å²) >= 11 is 0. The van der Waals surface area contributed by atoms with Crippen LogP contribution in [-0.2, 0) is 10.8 Å². The number of para-hydroxylation sites is 2. The zero-order chi connectivity index (χ0) is 12.4. The molecule has 1 fully saturated rings. The van der Waals surface area contributed by atoms with Gasteiger partial charge >= 0.3 is 0 Å². The molecule has 0 unspecified atom stereocenters. The second-order valence-corrected chi connectivity index (χ2v) is 6.14. The molecule has 0 spiro atoms. The van der Waals surface area contributed by atoms with Crippen molar-refractivity contribution in [2.45, 2.75) is 23.1 Å². The van der Waals surface area contributed by atoms with E-state index >= 15 is 0 Å². The van der Waals surface area contributed by atoms with Crippen molar-refractivity contribution in [3.05, 3.63) is 30.5 Å². The van der Waals surface area contributed by atoms with Gasteiger partial charge in [-0.2, -0.15) is 0 Å². The summed E-state index contributed by atoms with van der Waals surface area (Å²) in [6.45, 7) is 1.83. The maximum absolute atomic E-state index is 12.4. The molecule has 1 aliphatic heterocycles. The van der Waals surface area contributed by atoms with Crippen LogP contribution in [0.1, 0.15) is 12.8 Å². The zero-order valence-corrected chi connectivity index (χ0v) is 10.8. The average molecular weight is 261 g/mol. The summed E-state index contributed by atoms with van der Waals surface area (Å²) in [5.74, 6) is 0. The predicted molar refractivity (Wildman–Crippen MR) is 71.8 cm³/mol. The second-order valence-electron chi connectivity index (χ2n) is 4.46. The lowest BCUT2D eigenvalue weighted by atomic mass is 10.2. The molecule has 2 aromatic rings. The monoisotopic (exact) mass is 261 g/mol. The largest absolute Gasteiger partial charge is 0.316 e. The van der Waals surface area contributed by atoms with E-state index in [1.807, 2.05) is 24.3 Å². The number of nitrogens with one attached hydrogen (secondary N) is 1. The Bertz CT molecular complexity index is 581. The highest BCUT2D eigenvalue weighted by molar-refractivity contribution is 7.85. The van der Waals surface area contributed by atoms with E-state index in [1.54, 1.807) is 6.20 Å². The molecule has 2 heterocycles. The number of hydrogen-bond donors (Lipinski definition) is 1. The van der Waals surface area contributed by atoms with Crippen LogP contribution in [0.3, 0.4) is 0 Å². The highest BCUT2D eigenvalue weighted by Crippen LogP contribution is 2.17. The van der Waals surface area contributed by atoms with Crippen LogP contribution in [0, 0.1) is 0 Å². The molecular formula is C13H15N3OS. The van der Waals surface area contributed by atoms with Crippen molar-refractivity contribution < 1.29 is 4.21 Å². The van der Waals surface area contributed by atoms with E-state index in [0.29, 0.717) is 5.03 Å². The van der Waals surface area contributed by atoms with E-state index < -0.39 is 10.8 Å². The molecule has 94 valence electrons. The normalized spacial score (nSPS) is 21.9. The Morgan fingerprint density at radius 2 is 2.11 bits per heavy atom. The van der Waals surface area contributed by atoms with Gasteiger partial charge in [-0.25, -0.2) is 4.98 Å². The standard InChI is InChI=1S/C13H15N3OS/c17-18(10-4-3-7-14-8-10)13-9-15-11-5-1-2-6-12(11)16-13/h1-2,5-6,9-10,14H,3-4,7-8H2/t10-,18-/m0/s1. The molecule has 0 bridgehead atoms. The third-order valence-electron chi connectivity index (χ3n) is 3.19. The smallest absolute Gasteiger partial charge is 0.146 e. The first kappa shape index (κ1) is 11.7. The van der Waals surface area contributed by atoms with Crippen LogP contribution in [-0.4, -0.2) is 32.5 Å². The Labute approximate surface area is 108 Å². The Kier molecular flexibility index (Phi) is 3.34. The Morgan fingerprint density at radius 1 is 1.28 bits per heavy atom. The summed E-state index contributed by atoms with van der Waals surface area (Å²) in [6, 6.07) is 7.67. The first-order valence-electron chi connectivity index (χ1n) is 6.18. The molecule has 0 amide bonds. The van der Waals surface area contributed by atoms with Gasteiger partial charge in [-0.05, 0) is 31.5 Å². The minimum atomic E-state index is -1.06. The second kappa shape index (κ2) is 5.12. The SMILES string of the molecule is O=[S@](c1cnc2ccccc2n1)[C@H]1CCCNC1. The number of nitrogens with zero attached hydrogens (tertiary/aromatic N) is 2. The molecule has 0 aliphatic carbocycles.